The van der Waals surface area contributed by atoms with Crippen LogP contribution < -0.4 is 4.74 Å². The number of carbonyl (C=O) groups excluding carboxylic acids is 1. The zero-order valence-electron chi connectivity index (χ0n) is 8.27. The molecule has 2 rings (SSSR count). The van der Waals surface area contributed by atoms with E-state index in [-0.39, 0.29) is 16.9 Å². The van der Waals surface area contributed by atoms with Crippen molar-refractivity contribution in [3.05, 3.63) is 22.8 Å². The number of aliphatic hydroxyl groups is 1. The van der Waals surface area contributed by atoms with Gasteiger partial charge >= 0.3 is 5.97 Å². The van der Waals surface area contributed by atoms with Crippen molar-refractivity contribution < 1.29 is 24.5 Å². The number of benzene rings is 1. The fraction of sp³-hybridized carbons (Fsp3) is 0.300. The lowest BCUT2D eigenvalue weighted by molar-refractivity contribution is -0.0555. The number of fused-ring (bicyclic) bond motifs is 1. The van der Waals surface area contributed by atoms with Crippen LogP contribution in [0.25, 0.3) is 0 Å². The van der Waals surface area contributed by atoms with Gasteiger partial charge < -0.3 is 19.7 Å². The molecule has 0 saturated carbocycles. The molecule has 1 aromatic carbocycles. The third-order valence-corrected chi connectivity index (χ3v) is 2.45. The summed E-state index contributed by atoms with van der Waals surface area (Å²) < 4.78 is 9.58. The van der Waals surface area contributed by atoms with Gasteiger partial charge in [-0.3, -0.25) is 0 Å². The van der Waals surface area contributed by atoms with Crippen molar-refractivity contribution in [3.63, 3.8) is 0 Å². The fourth-order valence-electron chi connectivity index (χ4n) is 1.71. The van der Waals surface area contributed by atoms with Crippen LogP contribution in [0, 0.1) is 6.92 Å². The number of hydrogen-bond acceptors (Lipinski definition) is 5. The second-order valence-electron chi connectivity index (χ2n) is 3.27. The van der Waals surface area contributed by atoms with E-state index < -0.39 is 12.3 Å². The maximum absolute atomic E-state index is 11.4. The van der Waals surface area contributed by atoms with Gasteiger partial charge in [0.05, 0.1) is 18.2 Å². The Morgan fingerprint density at radius 2 is 2.20 bits per heavy atom. The first-order valence-electron chi connectivity index (χ1n) is 4.35. The summed E-state index contributed by atoms with van der Waals surface area (Å²) in [5, 5.41) is 19.0. The molecule has 0 aromatic heterocycles. The zero-order chi connectivity index (χ0) is 11.2. The number of methoxy groups -OCH3 is 1. The van der Waals surface area contributed by atoms with Crippen LogP contribution in [0.15, 0.2) is 6.07 Å². The number of cyclic esters (lactones) is 1. The molecular weight excluding hydrogens is 200 g/mol. The van der Waals surface area contributed by atoms with Crippen LogP contribution in [0.1, 0.15) is 27.8 Å². The van der Waals surface area contributed by atoms with Crippen LogP contribution in [-0.4, -0.2) is 23.3 Å². The van der Waals surface area contributed by atoms with E-state index in [4.69, 9.17) is 4.74 Å². The zero-order valence-corrected chi connectivity index (χ0v) is 8.27. The number of aromatic hydroxyl groups is 1. The molecule has 2 N–H and O–H groups in total. The Labute approximate surface area is 85.9 Å². The molecule has 1 aromatic rings. The Bertz CT molecular complexity index is 438. The van der Waals surface area contributed by atoms with Crippen molar-refractivity contribution in [3.8, 4) is 11.5 Å². The van der Waals surface area contributed by atoms with Gasteiger partial charge in [-0.15, -0.1) is 0 Å². The van der Waals surface area contributed by atoms with Gasteiger partial charge in [0.25, 0.3) is 0 Å². The number of phenols is 1. The van der Waals surface area contributed by atoms with E-state index in [0.717, 1.165) is 0 Å². The van der Waals surface area contributed by atoms with E-state index in [1.165, 1.54) is 13.2 Å². The molecule has 15 heavy (non-hydrogen) atoms. The van der Waals surface area contributed by atoms with Crippen molar-refractivity contribution >= 4 is 5.97 Å². The molecule has 80 valence electrons. The highest BCUT2D eigenvalue weighted by molar-refractivity contribution is 5.97. The van der Waals surface area contributed by atoms with Crippen LogP contribution >= 0.6 is 0 Å². The second kappa shape index (κ2) is 3.13. The van der Waals surface area contributed by atoms with Gasteiger partial charge in [-0.25, -0.2) is 4.79 Å². The molecule has 0 saturated heterocycles. The van der Waals surface area contributed by atoms with E-state index in [2.05, 4.69) is 4.74 Å². The van der Waals surface area contributed by atoms with E-state index in [9.17, 15) is 15.0 Å². The van der Waals surface area contributed by atoms with Gasteiger partial charge in [0, 0.05) is 11.6 Å². The number of carbonyl (C=O) groups is 1. The average Bonchev–Trinajstić information content (AvgIpc) is 2.48. The van der Waals surface area contributed by atoms with Crippen molar-refractivity contribution in [2.75, 3.05) is 7.11 Å². The molecule has 0 unspecified atom stereocenters. The Hall–Kier alpha value is -1.75. The van der Waals surface area contributed by atoms with Gasteiger partial charge in [-0.05, 0) is 6.92 Å². The molecule has 0 amide bonds. The Balaban J connectivity index is 2.74. The fourth-order valence-corrected chi connectivity index (χ4v) is 1.71. The molecule has 0 spiro atoms. The second-order valence-corrected chi connectivity index (χ2v) is 3.27. The van der Waals surface area contributed by atoms with Crippen LogP contribution in [0.2, 0.25) is 0 Å². The summed E-state index contributed by atoms with van der Waals surface area (Å²) in [6.45, 7) is 1.66. The molecule has 0 fully saturated rings. The molecule has 0 bridgehead atoms. The summed E-state index contributed by atoms with van der Waals surface area (Å²) in [5.41, 5.74) is 0.838. The Morgan fingerprint density at radius 3 is 2.80 bits per heavy atom. The minimum atomic E-state index is -1.39. The van der Waals surface area contributed by atoms with E-state index in [1.54, 1.807) is 6.92 Å². The number of aliphatic hydroxyl groups excluding tert-OH is 1. The monoisotopic (exact) mass is 210 g/mol. The molecule has 5 heteroatoms. The first kappa shape index (κ1) is 9.79. The maximum atomic E-state index is 11.4. The highest BCUT2D eigenvalue weighted by Crippen LogP contribution is 2.41. The first-order valence-corrected chi connectivity index (χ1v) is 4.35. The number of hydrogen-bond donors (Lipinski definition) is 2. The van der Waals surface area contributed by atoms with Crippen molar-refractivity contribution in [2.45, 2.75) is 13.2 Å². The summed E-state index contributed by atoms with van der Waals surface area (Å²) >= 11 is 0. The predicted octanol–water partition coefficient (Wildman–Crippen LogP) is 0.871. The van der Waals surface area contributed by atoms with Gasteiger partial charge in [0.2, 0.25) is 6.29 Å². The van der Waals surface area contributed by atoms with Crippen LogP contribution in [0.3, 0.4) is 0 Å². The SMILES string of the molecule is COc1cc(O)c2c(c1C)C(=O)O[C@H]2O. The molecule has 0 radical (unpaired) electrons. The number of rotatable bonds is 1. The van der Waals surface area contributed by atoms with Crippen molar-refractivity contribution in [1.29, 1.82) is 0 Å². The minimum absolute atomic E-state index is 0.110. The summed E-state index contributed by atoms with van der Waals surface area (Å²) in [4.78, 5) is 11.4. The average molecular weight is 210 g/mol. The predicted molar refractivity (Wildman–Crippen MR) is 49.8 cm³/mol. The summed E-state index contributed by atoms with van der Waals surface area (Å²) in [7, 11) is 1.44. The molecule has 5 nitrogen and oxygen atoms in total. The lowest BCUT2D eigenvalue weighted by atomic mass is 10.0. The normalized spacial score (nSPS) is 18.6. The minimum Gasteiger partial charge on any atom is -0.507 e. The summed E-state index contributed by atoms with van der Waals surface area (Å²) in [6.07, 6.45) is -1.39. The largest absolute Gasteiger partial charge is 0.507 e. The quantitative estimate of drug-likeness (QED) is 0.672. The molecular formula is C10H10O5. The van der Waals surface area contributed by atoms with Crippen LogP contribution in [-0.2, 0) is 4.74 Å². The third-order valence-electron chi connectivity index (χ3n) is 2.45. The van der Waals surface area contributed by atoms with E-state index >= 15 is 0 Å². The lowest BCUT2D eigenvalue weighted by Crippen LogP contribution is -1.99. The van der Waals surface area contributed by atoms with Gasteiger partial charge in [-0.2, -0.15) is 0 Å². The maximum Gasteiger partial charge on any atom is 0.341 e. The van der Waals surface area contributed by atoms with Crippen molar-refractivity contribution in [2.24, 2.45) is 0 Å². The summed E-state index contributed by atoms with van der Waals surface area (Å²) in [6, 6.07) is 1.35. The van der Waals surface area contributed by atoms with Crippen molar-refractivity contribution in [1.82, 2.24) is 0 Å². The Kier molecular flexibility index (Phi) is 2.04. The Morgan fingerprint density at radius 1 is 1.53 bits per heavy atom. The lowest BCUT2D eigenvalue weighted by Gasteiger charge is -2.09. The number of ether oxygens (including phenoxy) is 2. The smallest absolute Gasteiger partial charge is 0.341 e. The first-order chi connectivity index (χ1) is 7.06. The molecule has 1 aliphatic heterocycles. The topological polar surface area (TPSA) is 76.0 Å². The van der Waals surface area contributed by atoms with E-state index in [0.29, 0.717) is 11.3 Å². The van der Waals surface area contributed by atoms with Gasteiger partial charge in [0.15, 0.2) is 0 Å². The summed E-state index contributed by atoms with van der Waals surface area (Å²) in [5.74, 6) is -0.465. The molecule has 1 heterocycles. The molecule has 0 aliphatic carbocycles. The standard InChI is InChI=1S/C10H10O5/c1-4-6(14-2)3-5(11)8-7(4)9(12)15-10(8)13/h3,10-11,13H,1-2H3/t10-/m1/s1. The number of esters is 1. The highest BCUT2D eigenvalue weighted by atomic mass is 16.6. The van der Waals surface area contributed by atoms with Crippen LogP contribution in [0.5, 0.6) is 11.5 Å². The van der Waals surface area contributed by atoms with E-state index in [1.807, 2.05) is 0 Å². The highest BCUT2D eigenvalue weighted by Gasteiger charge is 2.35. The third kappa shape index (κ3) is 1.24. The molecule has 1 aliphatic rings. The molecule has 1 atom stereocenters. The number of phenolic OH excluding ortho intramolecular Hbond substituents is 1. The van der Waals surface area contributed by atoms with Gasteiger partial charge in [-0.1, -0.05) is 0 Å². The van der Waals surface area contributed by atoms with Gasteiger partial charge in [0.1, 0.15) is 11.5 Å². The van der Waals surface area contributed by atoms with Crippen LogP contribution in [0.4, 0.5) is 0 Å².